The molecule has 0 fully saturated rings. The zero-order valence-electron chi connectivity index (χ0n) is 13.6. The van der Waals surface area contributed by atoms with E-state index in [2.05, 4.69) is 9.88 Å². The molecular formula is C19H19F3N2O. The highest BCUT2D eigenvalue weighted by Gasteiger charge is 2.30. The van der Waals surface area contributed by atoms with Crippen LogP contribution in [-0.2, 0) is 6.18 Å². The third kappa shape index (κ3) is 4.46. The summed E-state index contributed by atoms with van der Waals surface area (Å²) in [7, 11) is 0. The lowest BCUT2D eigenvalue weighted by molar-refractivity contribution is -0.137. The van der Waals surface area contributed by atoms with Crippen molar-refractivity contribution in [3.8, 4) is 0 Å². The first-order valence-corrected chi connectivity index (χ1v) is 8.11. The average Bonchev–Trinajstić information content (AvgIpc) is 2.62. The van der Waals surface area contributed by atoms with E-state index in [0.717, 1.165) is 11.6 Å². The van der Waals surface area contributed by atoms with Crippen molar-refractivity contribution in [3.63, 3.8) is 0 Å². The summed E-state index contributed by atoms with van der Waals surface area (Å²) in [6.07, 6.45) is -0.782. The Balaban J connectivity index is 1.65. The largest absolute Gasteiger partial charge is 0.416 e. The Kier molecular flexibility index (Phi) is 5.20. The molecule has 1 aromatic carbocycles. The molecule has 1 aromatic heterocycles. The predicted octanol–water partition coefficient (Wildman–Crippen LogP) is 3.92. The number of halogens is 3. The number of benzene rings is 1. The third-order valence-corrected chi connectivity index (χ3v) is 4.31. The van der Waals surface area contributed by atoms with Gasteiger partial charge in [-0.3, -0.25) is 9.88 Å². The zero-order valence-corrected chi connectivity index (χ0v) is 13.6. The van der Waals surface area contributed by atoms with Crippen LogP contribution in [0.15, 0.2) is 54.7 Å². The summed E-state index contributed by atoms with van der Waals surface area (Å²) in [4.78, 5) is 6.21. The Bertz CT molecular complexity index is 744. The lowest BCUT2D eigenvalue weighted by Gasteiger charge is -2.28. The fraction of sp³-hybridized carbons (Fsp3) is 0.316. The van der Waals surface area contributed by atoms with Crippen LogP contribution in [0.3, 0.4) is 0 Å². The molecule has 1 aliphatic rings. The molecule has 6 heteroatoms. The maximum absolute atomic E-state index is 12.8. The van der Waals surface area contributed by atoms with E-state index in [4.69, 9.17) is 0 Å². The van der Waals surface area contributed by atoms with Gasteiger partial charge in [0, 0.05) is 25.8 Å². The van der Waals surface area contributed by atoms with E-state index in [9.17, 15) is 18.3 Å². The van der Waals surface area contributed by atoms with Crippen LogP contribution < -0.4 is 0 Å². The molecule has 0 spiro atoms. The number of alkyl halides is 3. The molecule has 1 N–H and O–H groups in total. The molecule has 2 heterocycles. The molecule has 0 radical (unpaired) electrons. The first-order chi connectivity index (χ1) is 11.9. The molecule has 2 aromatic rings. The van der Waals surface area contributed by atoms with E-state index in [1.165, 1.54) is 12.1 Å². The van der Waals surface area contributed by atoms with Gasteiger partial charge in [-0.2, -0.15) is 13.2 Å². The van der Waals surface area contributed by atoms with Gasteiger partial charge in [-0.25, -0.2) is 0 Å². The minimum Gasteiger partial charge on any atom is -0.385 e. The topological polar surface area (TPSA) is 36.4 Å². The first-order valence-electron chi connectivity index (χ1n) is 8.11. The fourth-order valence-electron chi connectivity index (χ4n) is 2.95. The van der Waals surface area contributed by atoms with Gasteiger partial charge < -0.3 is 5.11 Å². The highest BCUT2D eigenvalue weighted by atomic mass is 19.4. The number of hydrogen-bond donors (Lipinski definition) is 1. The number of pyridine rings is 1. The second-order valence-corrected chi connectivity index (χ2v) is 6.09. The summed E-state index contributed by atoms with van der Waals surface area (Å²) in [5.41, 5.74) is 1.52. The molecule has 1 unspecified atom stereocenters. The SMILES string of the molecule is OC(CN1CC=C(c2cccc(C(F)(F)F)c2)CC1)c1ccccn1. The minimum absolute atomic E-state index is 0.448. The van der Waals surface area contributed by atoms with Crippen LogP contribution >= 0.6 is 0 Å². The minimum atomic E-state index is -4.33. The normalized spacial score (nSPS) is 17.2. The van der Waals surface area contributed by atoms with E-state index in [0.29, 0.717) is 37.3 Å². The maximum Gasteiger partial charge on any atom is 0.416 e. The number of β-amino-alcohol motifs (C(OH)–C–C–N with tert-alkyl or cyclic N) is 1. The molecule has 0 saturated heterocycles. The molecule has 1 atom stereocenters. The van der Waals surface area contributed by atoms with Crippen LogP contribution in [0.4, 0.5) is 13.2 Å². The molecule has 0 saturated carbocycles. The predicted molar refractivity (Wildman–Crippen MR) is 89.7 cm³/mol. The van der Waals surface area contributed by atoms with Gasteiger partial charge in [-0.15, -0.1) is 0 Å². The molecule has 0 amide bonds. The van der Waals surface area contributed by atoms with Crippen molar-refractivity contribution < 1.29 is 18.3 Å². The molecule has 3 rings (SSSR count). The Hall–Kier alpha value is -2.18. The summed E-state index contributed by atoms with van der Waals surface area (Å²) in [6.45, 7) is 1.73. The molecule has 0 aliphatic carbocycles. The summed E-state index contributed by atoms with van der Waals surface area (Å²) < 4.78 is 38.5. The van der Waals surface area contributed by atoms with Gasteiger partial charge in [0.1, 0.15) is 6.10 Å². The van der Waals surface area contributed by atoms with Gasteiger partial charge in [0.15, 0.2) is 0 Å². The quantitative estimate of drug-likeness (QED) is 0.910. The Morgan fingerprint density at radius 2 is 2.00 bits per heavy atom. The highest BCUT2D eigenvalue weighted by molar-refractivity contribution is 5.67. The summed E-state index contributed by atoms with van der Waals surface area (Å²) in [6, 6.07) is 10.8. The van der Waals surface area contributed by atoms with Gasteiger partial charge in [0.2, 0.25) is 0 Å². The van der Waals surface area contributed by atoms with Crippen LogP contribution in [-0.4, -0.2) is 34.6 Å². The fourth-order valence-corrected chi connectivity index (χ4v) is 2.95. The Morgan fingerprint density at radius 1 is 1.16 bits per heavy atom. The van der Waals surface area contributed by atoms with Crippen molar-refractivity contribution in [1.29, 1.82) is 0 Å². The average molecular weight is 348 g/mol. The molecule has 1 aliphatic heterocycles. The monoisotopic (exact) mass is 348 g/mol. The van der Waals surface area contributed by atoms with E-state index >= 15 is 0 Å². The van der Waals surface area contributed by atoms with E-state index in [-0.39, 0.29) is 0 Å². The maximum atomic E-state index is 12.8. The van der Waals surface area contributed by atoms with Gasteiger partial charge in [-0.1, -0.05) is 24.3 Å². The molecule has 25 heavy (non-hydrogen) atoms. The van der Waals surface area contributed by atoms with Crippen LogP contribution in [0.5, 0.6) is 0 Å². The Morgan fingerprint density at radius 3 is 2.64 bits per heavy atom. The number of hydrogen-bond acceptors (Lipinski definition) is 3. The first kappa shape index (κ1) is 17.6. The van der Waals surface area contributed by atoms with Crippen molar-refractivity contribution in [3.05, 3.63) is 71.6 Å². The molecule has 0 bridgehead atoms. The third-order valence-electron chi connectivity index (χ3n) is 4.31. The van der Waals surface area contributed by atoms with Crippen LogP contribution in [0, 0.1) is 0 Å². The number of aliphatic hydroxyl groups excluding tert-OH is 1. The lowest BCUT2D eigenvalue weighted by Crippen LogP contribution is -2.32. The summed E-state index contributed by atoms with van der Waals surface area (Å²) in [5.74, 6) is 0. The second-order valence-electron chi connectivity index (χ2n) is 6.09. The van der Waals surface area contributed by atoms with Crippen molar-refractivity contribution >= 4 is 5.57 Å². The molecular weight excluding hydrogens is 329 g/mol. The van der Waals surface area contributed by atoms with Gasteiger partial charge >= 0.3 is 6.18 Å². The number of nitrogens with zero attached hydrogens (tertiary/aromatic N) is 2. The summed E-state index contributed by atoms with van der Waals surface area (Å²) >= 11 is 0. The standard InChI is InChI=1S/C19H19F3N2O/c20-19(21,22)16-5-3-4-15(12-16)14-7-10-24(11-8-14)13-18(25)17-6-1-2-9-23-17/h1-7,9,12,18,25H,8,10-11,13H2. The van der Waals surface area contributed by atoms with Crippen LogP contribution in [0.2, 0.25) is 0 Å². The Labute approximate surface area is 144 Å². The molecule has 3 nitrogen and oxygen atoms in total. The summed E-state index contributed by atoms with van der Waals surface area (Å²) in [5, 5.41) is 10.2. The van der Waals surface area contributed by atoms with E-state index in [1.54, 1.807) is 24.4 Å². The van der Waals surface area contributed by atoms with Gasteiger partial charge in [-0.05, 0) is 41.8 Å². The van der Waals surface area contributed by atoms with E-state index in [1.807, 2.05) is 12.1 Å². The van der Waals surface area contributed by atoms with Crippen molar-refractivity contribution in [1.82, 2.24) is 9.88 Å². The lowest BCUT2D eigenvalue weighted by atomic mass is 9.97. The van der Waals surface area contributed by atoms with Crippen molar-refractivity contribution in [2.45, 2.75) is 18.7 Å². The second kappa shape index (κ2) is 7.37. The highest BCUT2D eigenvalue weighted by Crippen LogP contribution is 2.32. The zero-order chi connectivity index (χ0) is 17.9. The van der Waals surface area contributed by atoms with Crippen LogP contribution in [0.1, 0.15) is 29.3 Å². The van der Waals surface area contributed by atoms with E-state index < -0.39 is 17.8 Å². The van der Waals surface area contributed by atoms with Gasteiger partial charge in [0.05, 0.1) is 11.3 Å². The molecule has 132 valence electrons. The van der Waals surface area contributed by atoms with Gasteiger partial charge in [0.25, 0.3) is 0 Å². The van der Waals surface area contributed by atoms with Crippen molar-refractivity contribution in [2.24, 2.45) is 0 Å². The van der Waals surface area contributed by atoms with Crippen LogP contribution in [0.25, 0.3) is 5.57 Å². The van der Waals surface area contributed by atoms with Crippen molar-refractivity contribution in [2.75, 3.05) is 19.6 Å². The smallest absolute Gasteiger partial charge is 0.385 e. The number of aromatic nitrogens is 1. The number of aliphatic hydroxyl groups is 1. The number of rotatable bonds is 4.